The maximum absolute atomic E-state index is 10.6. The molecule has 2 fully saturated rings. The quantitative estimate of drug-likeness (QED) is 0.610. The minimum Gasteiger partial charge on any atom is -0.475 e. The molecular formula is C12H18F6N2O4. The smallest absolute Gasteiger partial charge is 0.475 e. The highest BCUT2D eigenvalue weighted by atomic mass is 19.4. The summed E-state index contributed by atoms with van der Waals surface area (Å²) >= 11 is 0. The van der Waals surface area contributed by atoms with E-state index in [1.807, 2.05) is 0 Å². The summed E-state index contributed by atoms with van der Waals surface area (Å²) < 4.78 is 63.5. The zero-order valence-electron chi connectivity index (χ0n) is 12.5. The maximum Gasteiger partial charge on any atom is 0.490 e. The van der Waals surface area contributed by atoms with E-state index >= 15 is 0 Å². The first-order valence-corrected chi connectivity index (χ1v) is 6.81. The molecule has 0 bridgehead atoms. The van der Waals surface area contributed by atoms with Crippen molar-refractivity contribution in [2.24, 2.45) is 5.73 Å². The van der Waals surface area contributed by atoms with Gasteiger partial charge in [0.25, 0.3) is 0 Å². The number of nitrogens with zero attached hydrogens (tertiary/aromatic N) is 1. The van der Waals surface area contributed by atoms with Crippen LogP contribution in [0.4, 0.5) is 26.3 Å². The molecule has 0 spiro atoms. The fraction of sp³-hybridized carbons (Fsp3) is 0.833. The lowest BCUT2D eigenvalue weighted by molar-refractivity contribution is -0.193. The number of halogens is 6. The molecule has 0 aliphatic carbocycles. The van der Waals surface area contributed by atoms with Crippen LogP contribution in [0.3, 0.4) is 0 Å². The predicted molar refractivity (Wildman–Crippen MR) is 69.2 cm³/mol. The van der Waals surface area contributed by atoms with Crippen LogP contribution in [-0.2, 0) is 9.59 Å². The van der Waals surface area contributed by atoms with E-state index in [4.69, 9.17) is 25.5 Å². The third-order valence-corrected chi connectivity index (χ3v) is 3.68. The second-order valence-electron chi connectivity index (χ2n) is 5.23. The van der Waals surface area contributed by atoms with Gasteiger partial charge < -0.3 is 15.9 Å². The Morgan fingerprint density at radius 2 is 1.21 bits per heavy atom. The molecule has 2 heterocycles. The minimum atomic E-state index is -5.08. The lowest BCUT2D eigenvalue weighted by Crippen LogP contribution is -2.44. The van der Waals surface area contributed by atoms with Gasteiger partial charge in [0.2, 0.25) is 0 Å². The maximum atomic E-state index is 10.6. The number of hydrogen-bond acceptors (Lipinski definition) is 4. The molecule has 0 aromatic heterocycles. The van der Waals surface area contributed by atoms with Gasteiger partial charge in [-0.25, -0.2) is 9.59 Å². The number of fused-ring (bicyclic) bond motifs is 1. The molecule has 2 rings (SSSR count). The number of rotatable bonds is 1. The molecule has 12 heteroatoms. The molecule has 0 unspecified atom stereocenters. The number of hydrogen-bond donors (Lipinski definition) is 3. The highest BCUT2D eigenvalue weighted by Gasteiger charge is 2.42. The van der Waals surface area contributed by atoms with E-state index in [0.717, 1.165) is 6.54 Å². The zero-order chi connectivity index (χ0) is 19.2. The topological polar surface area (TPSA) is 104 Å². The molecule has 0 atom stereocenters. The number of carboxylic acids is 2. The van der Waals surface area contributed by atoms with E-state index in [1.165, 1.54) is 38.8 Å². The highest BCUT2D eigenvalue weighted by Crippen LogP contribution is 2.37. The fourth-order valence-corrected chi connectivity index (χ4v) is 2.56. The van der Waals surface area contributed by atoms with Gasteiger partial charge >= 0.3 is 24.3 Å². The van der Waals surface area contributed by atoms with Gasteiger partial charge in [-0.05, 0) is 38.8 Å². The molecule has 6 nitrogen and oxygen atoms in total. The summed E-state index contributed by atoms with van der Waals surface area (Å²) in [4.78, 5) is 20.4. The third-order valence-electron chi connectivity index (χ3n) is 3.68. The fourth-order valence-electron chi connectivity index (χ4n) is 2.56. The summed E-state index contributed by atoms with van der Waals surface area (Å²) in [5, 5.41) is 14.2. The van der Waals surface area contributed by atoms with Gasteiger partial charge in [-0.3, -0.25) is 4.90 Å². The van der Waals surface area contributed by atoms with Crippen molar-refractivity contribution < 1.29 is 46.1 Å². The standard InChI is InChI=1S/C8H16N2.2C2HF3O2/c9-7-8-3-1-5-10(8)6-2-4-8;2*3-2(4,5)1(6)7/h1-7,9H2;2*(H,6,7). The van der Waals surface area contributed by atoms with Crippen molar-refractivity contribution in [2.75, 3.05) is 19.6 Å². The second-order valence-corrected chi connectivity index (χ2v) is 5.23. The van der Waals surface area contributed by atoms with Crippen LogP contribution in [-0.4, -0.2) is 64.6 Å². The summed E-state index contributed by atoms with van der Waals surface area (Å²) in [5.74, 6) is -5.51. The van der Waals surface area contributed by atoms with Crippen LogP contribution in [0.5, 0.6) is 0 Å². The van der Waals surface area contributed by atoms with Gasteiger partial charge in [-0.15, -0.1) is 0 Å². The molecule has 0 radical (unpaired) electrons. The second kappa shape index (κ2) is 8.51. The summed E-state index contributed by atoms with van der Waals surface area (Å²) in [6.07, 6.45) is -4.72. The first-order chi connectivity index (χ1) is 10.8. The minimum absolute atomic E-state index is 0.458. The Bertz CT molecular complexity index is 404. The molecule has 24 heavy (non-hydrogen) atoms. The van der Waals surface area contributed by atoms with Gasteiger partial charge in [0, 0.05) is 12.1 Å². The monoisotopic (exact) mass is 368 g/mol. The number of alkyl halides is 6. The summed E-state index contributed by atoms with van der Waals surface area (Å²) in [5.41, 5.74) is 6.23. The van der Waals surface area contributed by atoms with E-state index in [2.05, 4.69) is 4.90 Å². The predicted octanol–water partition coefficient (Wildman–Crippen LogP) is 1.84. The molecule has 2 aliphatic rings. The molecule has 2 saturated heterocycles. The summed E-state index contributed by atoms with van der Waals surface area (Å²) in [7, 11) is 0. The first-order valence-electron chi connectivity index (χ1n) is 6.81. The Balaban J connectivity index is 0.000000343. The van der Waals surface area contributed by atoms with Crippen LogP contribution in [0, 0.1) is 0 Å². The molecule has 0 aromatic rings. The number of carbonyl (C=O) groups is 2. The van der Waals surface area contributed by atoms with Crippen LogP contribution in [0.1, 0.15) is 25.7 Å². The Kier molecular flexibility index (Phi) is 7.96. The van der Waals surface area contributed by atoms with E-state index in [9.17, 15) is 26.3 Å². The SMILES string of the molecule is NCC12CCCN1CCC2.O=C(O)C(F)(F)F.O=C(O)C(F)(F)F. The largest absolute Gasteiger partial charge is 0.490 e. The van der Waals surface area contributed by atoms with E-state index in [1.54, 1.807) is 0 Å². The lowest BCUT2D eigenvalue weighted by Gasteiger charge is -2.30. The molecule has 0 saturated carbocycles. The van der Waals surface area contributed by atoms with Gasteiger partial charge in [-0.1, -0.05) is 0 Å². The third kappa shape index (κ3) is 6.91. The molecule has 4 N–H and O–H groups in total. The van der Waals surface area contributed by atoms with Crippen LogP contribution in [0.2, 0.25) is 0 Å². The van der Waals surface area contributed by atoms with Gasteiger partial charge in [0.05, 0.1) is 0 Å². The molecule has 0 amide bonds. The van der Waals surface area contributed by atoms with Crippen molar-refractivity contribution >= 4 is 11.9 Å². The zero-order valence-corrected chi connectivity index (χ0v) is 12.5. The van der Waals surface area contributed by atoms with E-state index in [-0.39, 0.29) is 0 Å². The van der Waals surface area contributed by atoms with E-state index < -0.39 is 24.3 Å². The van der Waals surface area contributed by atoms with Crippen LogP contribution in [0.25, 0.3) is 0 Å². The number of aliphatic carboxylic acids is 2. The van der Waals surface area contributed by atoms with Crippen LogP contribution < -0.4 is 5.73 Å². The Morgan fingerprint density at radius 3 is 1.38 bits per heavy atom. The molecule has 0 aromatic carbocycles. The average Bonchev–Trinajstić information content (AvgIpc) is 2.97. The van der Waals surface area contributed by atoms with Gasteiger partial charge in [0.15, 0.2) is 0 Å². The molecule has 2 aliphatic heterocycles. The van der Waals surface area contributed by atoms with Crippen molar-refractivity contribution in [2.45, 2.75) is 43.6 Å². The average molecular weight is 368 g/mol. The van der Waals surface area contributed by atoms with Gasteiger partial charge in [0.1, 0.15) is 0 Å². The normalized spacial score (nSPS) is 19.5. The van der Waals surface area contributed by atoms with Crippen molar-refractivity contribution in [3.05, 3.63) is 0 Å². The van der Waals surface area contributed by atoms with Crippen molar-refractivity contribution in [1.29, 1.82) is 0 Å². The number of carboxylic acid groups (broad SMARTS) is 2. The van der Waals surface area contributed by atoms with Crippen LogP contribution >= 0.6 is 0 Å². The van der Waals surface area contributed by atoms with Crippen molar-refractivity contribution in [3.63, 3.8) is 0 Å². The summed E-state index contributed by atoms with van der Waals surface area (Å²) in [6, 6.07) is 0. The lowest BCUT2D eigenvalue weighted by atomic mass is 9.95. The molecular weight excluding hydrogens is 350 g/mol. The van der Waals surface area contributed by atoms with Crippen LogP contribution in [0.15, 0.2) is 0 Å². The Hall–Kier alpha value is -1.56. The molecule has 142 valence electrons. The first kappa shape index (κ1) is 22.4. The van der Waals surface area contributed by atoms with Crippen molar-refractivity contribution in [1.82, 2.24) is 4.90 Å². The highest BCUT2D eigenvalue weighted by molar-refractivity contribution is 5.73. The Morgan fingerprint density at radius 1 is 0.917 bits per heavy atom. The van der Waals surface area contributed by atoms with Gasteiger partial charge in [-0.2, -0.15) is 26.3 Å². The Labute approximate surface area is 133 Å². The van der Waals surface area contributed by atoms with Crippen molar-refractivity contribution in [3.8, 4) is 0 Å². The van der Waals surface area contributed by atoms with E-state index in [0.29, 0.717) is 5.54 Å². The number of nitrogens with two attached hydrogens (primary N) is 1. The summed E-state index contributed by atoms with van der Waals surface area (Å²) in [6.45, 7) is 3.49.